The van der Waals surface area contributed by atoms with Crippen LogP contribution in [0.4, 0.5) is 0 Å². The molecule has 0 saturated heterocycles. The first-order valence-electron chi connectivity index (χ1n) is 3.38. The number of carbonyl (C=O) groups excluding carboxylic acids is 1. The summed E-state index contributed by atoms with van der Waals surface area (Å²) in [5.74, 6) is 0.194. The van der Waals surface area contributed by atoms with Crippen LogP contribution in [0.25, 0.3) is 0 Å². The van der Waals surface area contributed by atoms with Crippen LogP contribution in [0.3, 0.4) is 0 Å². The molecule has 0 aromatic heterocycles. The van der Waals surface area contributed by atoms with E-state index < -0.39 is 0 Å². The molecule has 0 saturated carbocycles. The van der Waals surface area contributed by atoms with Crippen molar-refractivity contribution in [3.8, 4) is 0 Å². The third-order valence-corrected chi connectivity index (χ3v) is 2.49. The largest absolute Gasteiger partial charge is 0.294 e. The Bertz CT molecular complexity index is 182. The van der Waals surface area contributed by atoms with Crippen LogP contribution < -0.4 is 0 Å². The second-order valence-corrected chi connectivity index (χ2v) is 4.50. The zero-order valence-corrected chi connectivity index (χ0v) is 7.81. The van der Waals surface area contributed by atoms with Crippen molar-refractivity contribution in [1.82, 2.24) is 0 Å². The Morgan fingerprint density at radius 1 is 1.70 bits per heavy atom. The first-order chi connectivity index (χ1) is 4.51. The highest BCUT2D eigenvalue weighted by Gasteiger charge is 2.26. The van der Waals surface area contributed by atoms with Crippen LogP contribution >= 0.6 is 15.9 Å². The summed E-state index contributed by atoms with van der Waals surface area (Å²) in [5, 5.41) is 0. The Balaban J connectivity index is 2.78. The molecule has 1 atom stereocenters. The van der Waals surface area contributed by atoms with Gasteiger partial charge in [0.15, 0.2) is 5.78 Å². The molecule has 1 nitrogen and oxygen atoms in total. The van der Waals surface area contributed by atoms with Gasteiger partial charge < -0.3 is 0 Å². The third kappa shape index (κ3) is 1.69. The lowest BCUT2D eigenvalue weighted by Gasteiger charge is -2.26. The van der Waals surface area contributed by atoms with E-state index in [2.05, 4.69) is 29.8 Å². The Hall–Kier alpha value is -0.110. The van der Waals surface area contributed by atoms with E-state index in [9.17, 15) is 4.79 Å². The van der Waals surface area contributed by atoms with Gasteiger partial charge in [0.25, 0.3) is 0 Å². The Morgan fingerprint density at radius 3 is 2.70 bits per heavy atom. The van der Waals surface area contributed by atoms with Crippen molar-refractivity contribution >= 4 is 21.7 Å². The van der Waals surface area contributed by atoms with Gasteiger partial charge >= 0.3 is 0 Å². The molecule has 0 amide bonds. The van der Waals surface area contributed by atoms with Crippen LogP contribution in [0, 0.1) is 5.41 Å². The van der Waals surface area contributed by atoms with Crippen molar-refractivity contribution in [2.45, 2.75) is 25.1 Å². The van der Waals surface area contributed by atoms with Gasteiger partial charge in [0.1, 0.15) is 0 Å². The van der Waals surface area contributed by atoms with E-state index in [4.69, 9.17) is 0 Å². The topological polar surface area (TPSA) is 17.1 Å². The Morgan fingerprint density at radius 2 is 2.30 bits per heavy atom. The molecule has 0 aromatic carbocycles. The van der Waals surface area contributed by atoms with Crippen LogP contribution in [0.5, 0.6) is 0 Å². The first-order valence-corrected chi connectivity index (χ1v) is 4.30. The predicted molar refractivity (Wildman–Crippen MR) is 45.3 cm³/mol. The molecule has 0 aromatic rings. The van der Waals surface area contributed by atoms with Crippen molar-refractivity contribution < 1.29 is 4.79 Å². The molecule has 0 fully saturated rings. The molecule has 0 spiro atoms. The lowest BCUT2D eigenvalue weighted by atomic mass is 9.82. The summed E-state index contributed by atoms with van der Waals surface area (Å²) in [6, 6.07) is 0. The van der Waals surface area contributed by atoms with Gasteiger partial charge in [-0.1, -0.05) is 35.9 Å². The van der Waals surface area contributed by atoms with Gasteiger partial charge in [0.05, 0.1) is 4.83 Å². The van der Waals surface area contributed by atoms with Crippen LogP contribution in [-0.4, -0.2) is 10.6 Å². The fourth-order valence-electron chi connectivity index (χ4n) is 1.04. The molecule has 0 aliphatic heterocycles. The highest BCUT2D eigenvalue weighted by Crippen LogP contribution is 2.31. The lowest BCUT2D eigenvalue weighted by molar-refractivity contribution is -0.114. The second-order valence-electron chi connectivity index (χ2n) is 3.40. The number of alkyl halides is 1. The van der Waals surface area contributed by atoms with Crippen LogP contribution in [0.2, 0.25) is 0 Å². The minimum Gasteiger partial charge on any atom is -0.294 e. The maximum atomic E-state index is 10.9. The van der Waals surface area contributed by atoms with Gasteiger partial charge in [0.2, 0.25) is 0 Å². The number of rotatable bonds is 0. The summed E-state index contributed by atoms with van der Waals surface area (Å²) >= 11 is 3.33. The molecule has 2 heteroatoms. The molecule has 56 valence electrons. The molecule has 1 aliphatic carbocycles. The molecular weight excluding hydrogens is 192 g/mol. The fraction of sp³-hybridized carbons (Fsp3) is 0.625. The average Bonchev–Trinajstić information content (AvgIpc) is 1.79. The highest BCUT2D eigenvalue weighted by atomic mass is 79.9. The molecule has 1 rings (SSSR count). The van der Waals surface area contributed by atoms with E-state index in [0.29, 0.717) is 0 Å². The quantitative estimate of drug-likeness (QED) is 0.552. The van der Waals surface area contributed by atoms with E-state index >= 15 is 0 Å². The molecular formula is C8H11BrO. The molecule has 0 radical (unpaired) electrons. The zero-order chi connectivity index (χ0) is 7.78. The minimum absolute atomic E-state index is 0.0347. The van der Waals surface area contributed by atoms with Gasteiger partial charge in [-0.3, -0.25) is 4.79 Å². The van der Waals surface area contributed by atoms with Crippen molar-refractivity contribution in [1.29, 1.82) is 0 Å². The fourth-order valence-corrected chi connectivity index (χ4v) is 2.03. The van der Waals surface area contributed by atoms with Crippen LogP contribution in [-0.2, 0) is 4.79 Å². The van der Waals surface area contributed by atoms with Gasteiger partial charge in [0, 0.05) is 0 Å². The van der Waals surface area contributed by atoms with E-state index in [1.807, 2.05) is 6.08 Å². The molecule has 0 heterocycles. The summed E-state index contributed by atoms with van der Waals surface area (Å²) in [6.45, 7) is 4.26. The standard InChI is InChI=1S/C8H11BrO/c1-8(2)4-3-7(10)6(9)5-8/h3-4,6H,5H2,1-2H3/t6-/m0/s1. The summed E-state index contributed by atoms with van der Waals surface area (Å²) < 4.78 is 0. The molecule has 0 N–H and O–H groups in total. The van der Waals surface area contributed by atoms with Gasteiger partial charge in [-0.25, -0.2) is 0 Å². The Labute approximate surface area is 69.6 Å². The van der Waals surface area contributed by atoms with E-state index in [-0.39, 0.29) is 16.0 Å². The number of carbonyl (C=O) groups is 1. The van der Waals surface area contributed by atoms with Crippen LogP contribution in [0.15, 0.2) is 12.2 Å². The van der Waals surface area contributed by atoms with Crippen molar-refractivity contribution in [3.05, 3.63) is 12.2 Å². The van der Waals surface area contributed by atoms with Crippen molar-refractivity contribution in [2.75, 3.05) is 0 Å². The number of hydrogen-bond donors (Lipinski definition) is 0. The van der Waals surface area contributed by atoms with Crippen molar-refractivity contribution in [2.24, 2.45) is 5.41 Å². The molecule has 0 bridgehead atoms. The van der Waals surface area contributed by atoms with E-state index in [1.165, 1.54) is 0 Å². The molecule has 1 aliphatic rings. The normalized spacial score (nSPS) is 30.7. The van der Waals surface area contributed by atoms with Gasteiger partial charge in [-0.15, -0.1) is 0 Å². The van der Waals surface area contributed by atoms with Gasteiger partial charge in [-0.05, 0) is 17.9 Å². The second kappa shape index (κ2) is 2.50. The maximum Gasteiger partial charge on any atom is 0.169 e. The zero-order valence-electron chi connectivity index (χ0n) is 6.23. The maximum absolute atomic E-state index is 10.9. The first kappa shape index (κ1) is 7.99. The number of halogens is 1. The number of hydrogen-bond acceptors (Lipinski definition) is 1. The summed E-state index contributed by atoms with van der Waals surface area (Å²) in [7, 11) is 0. The average molecular weight is 203 g/mol. The predicted octanol–water partition coefficient (Wildman–Crippen LogP) is 2.31. The summed E-state index contributed by atoms with van der Waals surface area (Å²) in [4.78, 5) is 11.0. The Kier molecular flexibility index (Phi) is 1.99. The third-order valence-electron chi connectivity index (χ3n) is 1.71. The SMILES string of the molecule is CC1(C)C=CC(=O)[C@@H](Br)C1. The monoisotopic (exact) mass is 202 g/mol. The smallest absolute Gasteiger partial charge is 0.169 e. The van der Waals surface area contributed by atoms with Gasteiger partial charge in [-0.2, -0.15) is 0 Å². The van der Waals surface area contributed by atoms with Crippen molar-refractivity contribution in [3.63, 3.8) is 0 Å². The summed E-state index contributed by atoms with van der Waals surface area (Å²) in [5.41, 5.74) is 0.183. The highest BCUT2D eigenvalue weighted by molar-refractivity contribution is 9.10. The minimum atomic E-state index is 0.0347. The van der Waals surface area contributed by atoms with E-state index in [0.717, 1.165) is 6.42 Å². The van der Waals surface area contributed by atoms with E-state index in [1.54, 1.807) is 6.08 Å². The number of ketones is 1. The van der Waals surface area contributed by atoms with Crippen LogP contribution in [0.1, 0.15) is 20.3 Å². The summed E-state index contributed by atoms with van der Waals surface area (Å²) in [6.07, 6.45) is 4.55. The molecule has 10 heavy (non-hydrogen) atoms. The number of allylic oxidation sites excluding steroid dienone is 2. The molecule has 0 unspecified atom stereocenters. The lowest BCUT2D eigenvalue weighted by Crippen LogP contribution is -2.25.